The van der Waals surface area contributed by atoms with E-state index in [1.54, 1.807) is 24.3 Å². The standard InChI is InChI=1S/C27H21F4NO5/c28-22-11-16(27(29,30)31)3-7-19(22)21-13-32-23-12-17(33)4-8-20(23)25(21)26(34)15-1-5-18(6-2-15)37-14-24-35-9-10-36-24/h1-8,11-13,24,26,33-34H,9-10,14H2. The van der Waals surface area contributed by atoms with E-state index in [0.29, 0.717) is 41.5 Å². The van der Waals surface area contributed by atoms with Crippen LogP contribution in [0.5, 0.6) is 11.5 Å². The lowest BCUT2D eigenvalue weighted by atomic mass is 9.90. The summed E-state index contributed by atoms with van der Waals surface area (Å²) >= 11 is 0. The number of halogens is 4. The van der Waals surface area contributed by atoms with Crippen molar-refractivity contribution in [1.82, 2.24) is 4.98 Å². The Labute approximate surface area is 208 Å². The summed E-state index contributed by atoms with van der Waals surface area (Å²) in [6.07, 6.45) is -5.19. The lowest BCUT2D eigenvalue weighted by Gasteiger charge is -2.20. The lowest BCUT2D eigenvalue weighted by Crippen LogP contribution is -2.18. The van der Waals surface area contributed by atoms with Crippen LogP contribution in [0.2, 0.25) is 0 Å². The van der Waals surface area contributed by atoms with Crippen molar-refractivity contribution in [2.24, 2.45) is 0 Å². The van der Waals surface area contributed by atoms with Crippen LogP contribution in [0.1, 0.15) is 22.8 Å². The minimum absolute atomic E-state index is 0.0642. The van der Waals surface area contributed by atoms with Crippen molar-refractivity contribution in [3.05, 3.63) is 89.4 Å². The van der Waals surface area contributed by atoms with Crippen LogP contribution in [-0.4, -0.2) is 41.3 Å². The van der Waals surface area contributed by atoms with Crippen molar-refractivity contribution in [2.45, 2.75) is 18.6 Å². The number of aliphatic hydroxyl groups excluding tert-OH is 1. The van der Waals surface area contributed by atoms with Gasteiger partial charge in [-0.3, -0.25) is 4.98 Å². The highest BCUT2D eigenvalue weighted by Crippen LogP contribution is 2.40. The lowest BCUT2D eigenvalue weighted by molar-refractivity contribution is -0.137. The van der Waals surface area contributed by atoms with Gasteiger partial charge in [0.25, 0.3) is 0 Å². The molecule has 4 aromatic rings. The Kier molecular flexibility index (Phi) is 6.72. The predicted octanol–water partition coefficient (Wildman–Crippen LogP) is 5.60. The van der Waals surface area contributed by atoms with Crippen LogP contribution in [0.4, 0.5) is 17.6 Å². The van der Waals surface area contributed by atoms with Gasteiger partial charge in [0.2, 0.25) is 0 Å². The molecule has 1 aromatic heterocycles. The molecule has 0 bridgehead atoms. The Morgan fingerprint density at radius 2 is 1.70 bits per heavy atom. The molecule has 192 valence electrons. The number of phenols is 1. The highest BCUT2D eigenvalue weighted by molar-refractivity contribution is 5.90. The van der Waals surface area contributed by atoms with Crippen LogP contribution in [0.15, 0.2) is 66.9 Å². The van der Waals surface area contributed by atoms with Crippen LogP contribution in [0.3, 0.4) is 0 Å². The Hall–Kier alpha value is -3.73. The smallest absolute Gasteiger partial charge is 0.416 e. The fourth-order valence-electron chi connectivity index (χ4n) is 4.20. The predicted molar refractivity (Wildman–Crippen MR) is 125 cm³/mol. The van der Waals surface area contributed by atoms with E-state index >= 15 is 0 Å². The molecular weight excluding hydrogens is 494 g/mol. The van der Waals surface area contributed by atoms with Crippen LogP contribution in [-0.2, 0) is 15.7 Å². The molecule has 0 amide bonds. The van der Waals surface area contributed by atoms with E-state index in [1.165, 1.54) is 24.4 Å². The summed E-state index contributed by atoms with van der Waals surface area (Å²) in [5.74, 6) is -0.664. The van der Waals surface area contributed by atoms with Gasteiger partial charge in [-0.15, -0.1) is 0 Å². The van der Waals surface area contributed by atoms with Gasteiger partial charge in [-0.05, 0) is 42.0 Å². The second kappa shape index (κ2) is 9.97. The summed E-state index contributed by atoms with van der Waals surface area (Å²) in [6, 6.07) is 13.0. The minimum atomic E-state index is -4.71. The molecule has 10 heteroatoms. The first-order chi connectivity index (χ1) is 17.7. The number of aliphatic hydroxyl groups is 1. The minimum Gasteiger partial charge on any atom is -0.508 e. The highest BCUT2D eigenvalue weighted by Gasteiger charge is 2.32. The van der Waals surface area contributed by atoms with Gasteiger partial charge in [0.15, 0.2) is 6.29 Å². The summed E-state index contributed by atoms with van der Waals surface area (Å²) in [4.78, 5) is 4.24. The van der Waals surface area contributed by atoms with Crippen molar-refractivity contribution in [2.75, 3.05) is 19.8 Å². The quantitative estimate of drug-likeness (QED) is 0.326. The van der Waals surface area contributed by atoms with Gasteiger partial charge in [0.1, 0.15) is 30.0 Å². The summed E-state index contributed by atoms with van der Waals surface area (Å²) in [6.45, 7) is 1.19. The Morgan fingerprint density at radius 3 is 2.38 bits per heavy atom. The van der Waals surface area contributed by atoms with Crippen LogP contribution in [0, 0.1) is 5.82 Å². The van der Waals surface area contributed by atoms with Gasteiger partial charge < -0.3 is 24.4 Å². The molecule has 5 rings (SSSR count). The average molecular weight is 515 g/mol. The number of benzene rings is 3. The normalized spacial score (nSPS) is 15.3. The molecule has 0 spiro atoms. The SMILES string of the molecule is Oc1ccc2c(C(O)c3ccc(OCC4OCCO4)cc3)c(-c3ccc(C(F)(F)F)cc3F)cnc2c1. The molecule has 1 unspecified atom stereocenters. The van der Waals surface area contributed by atoms with Gasteiger partial charge in [-0.1, -0.05) is 18.2 Å². The van der Waals surface area contributed by atoms with Gasteiger partial charge in [-0.2, -0.15) is 13.2 Å². The maximum atomic E-state index is 15.0. The molecule has 1 atom stereocenters. The molecule has 0 radical (unpaired) electrons. The molecule has 1 fully saturated rings. The summed E-state index contributed by atoms with van der Waals surface area (Å²) < 4.78 is 70.5. The maximum absolute atomic E-state index is 15.0. The Bertz CT molecular complexity index is 1420. The topological polar surface area (TPSA) is 81.0 Å². The molecule has 2 N–H and O–H groups in total. The third-order valence-electron chi connectivity index (χ3n) is 6.03. The molecule has 37 heavy (non-hydrogen) atoms. The van der Waals surface area contributed by atoms with Crippen LogP contribution in [0.25, 0.3) is 22.0 Å². The Morgan fingerprint density at radius 1 is 0.973 bits per heavy atom. The second-order valence-electron chi connectivity index (χ2n) is 8.43. The number of hydrogen-bond donors (Lipinski definition) is 2. The van der Waals surface area contributed by atoms with Crippen molar-refractivity contribution in [3.8, 4) is 22.6 Å². The van der Waals surface area contributed by atoms with E-state index < -0.39 is 30.0 Å². The summed E-state index contributed by atoms with van der Waals surface area (Å²) in [5.41, 5.74) is -0.186. The van der Waals surface area contributed by atoms with Gasteiger partial charge in [0.05, 0.1) is 24.3 Å². The van der Waals surface area contributed by atoms with Gasteiger partial charge >= 0.3 is 6.18 Å². The first-order valence-electron chi connectivity index (χ1n) is 11.3. The number of hydrogen-bond acceptors (Lipinski definition) is 6. The van der Waals surface area contributed by atoms with Crippen LogP contribution < -0.4 is 4.74 Å². The zero-order valence-electron chi connectivity index (χ0n) is 19.2. The number of aromatic hydroxyl groups is 1. The largest absolute Gasteiger partial charge is 0.508 e. The number of pyridine rings is 1. The van der Waals surface area contributed by atoms with E-state index in [-0.39, 0.29) is 29.0 Å². The van der Waals surface area contributed by atoms with E-state index in [2.05, 4.69) is 4.98 Å². The number of fused-ring (bicyclic) bond motifs is 1. The molecule has 1 aliphatic rings. The number of rotatable bonds is 6. The molecular formula is C27H21F4NO5. The molecule has 1 saturated heterocycles. The van der Waals surface area contributed by atoms with Crippen molar-refractivity contribution in [3.63, 3.8) is 0 Å². The molecule has 0 aliphatic carbocycles. The fraction of sp³-hybridized carbons (Fsp3) is 0.222. The first kappa shape index (κ1) is 24.9. The summed E-state index contributed by atoms with van der Waals surface area (Å²) in [7, 11) is 0. The van der Waals surface area contributed by atoms with Crippen molar-refractivity contribution < 1.29 is 42.0 Å². The highest BCUT2D eigenvalue weighted by atomic mass is 19.4. The van der Waals surface area contributed by atoms with Gasteiger partial charge in [-0.25, -0.2) is 4.39 Å². The zero-order chi connectivity index (χ0) is 26.2. The molecule has 1 aliphatic heterocycles. The number of alkyl halides is 3. The number of aromatic nitrogens is 1. The maximum Gasteiger partial charge on any atom is 0.416 e. The molecule has 3 aromatic carbocycles. The number of ether oxygens (including phenoxy) is 3. The average Bonchev–Trinajstić information content (AvgIpc) is 3.40. The third kappa shape index (κ3) is 5.22. The number of nitrogens with zero attached hydrogens (tertiary/aromatic N) is 1. The van der Waals surface area contributed by atoms with E-state index in [1.807, 2.05) is 0 Å². The van der Waals surface area contributed by atoms with Crippen LogP contribution >= 0.6 is 0 Å². The third-order valence-corrected chi connectivity index (χ3v) is 6.03. The van der Waals surface area contributed by atoms with E-state index in [4.69, 9.17) is 14.2 Å². The summed E-state index contributed by atoms with van der Waals surface area (Å²) in [5, 5.41) is 21.7. The van der Waals surface area contributed by atoms with E-state index in [9.17, 15) is 27.8 Å². The van der Waals surface area contributed by atoms with E-state index in [0.717, 1.165) is 12.1 Å². The fourth-order valence-corrected chi connectivity index (χ4v) is 4.20. The number of phenolic OH excluding ortho intramolecular Hbond substituents is 1. The zero-order valence-corrected chi connectivity index (χ0v) is 19.2. The monoisotopic (exact) mass is 515 g/mol. The molecule has 2 heterocycles. The van der Waals surface area contributed by atoms with Crippen molar-refractivity contribution >= 4 is 10.9 Å². The molecule has 6 nitrogen and oxygen atoms in total. The second-order valence-corrected chi connectivity index (χ2v) is 8.43. The van der Waals surface area contributed by atoms with Crippen molar-refractivity contribution in [1.29, 1.82) is 0 Å². The van der Waals surface area contributed by atoms with Gasteiger partial charge in [0, 0.05) is 34.3 Å². The Balaban J connectivity index is 1.54. The molecule has 0 saturated carbocycles. The first-order valence-corrected chi connectivity index (χ1v) is 11.3.